The Bertz CT molecular complexity index is 278. The van der Waals surface area contributed by atoms with Crippen LogP contribution >= 0.6 is 0 Å². The van der Waals surface area contributed by atoms with Crippen molar-refractivity contribution in [3.8, 4) is 0 Å². The van der Waals surface area contributed by atoms with Gasteiger partial charge in [0, 0.05) is 5.92 Å². The van der Waals surface area contributed by atoms with Crippen molar-refractivity contribution >= 4 is 0 Å². The Morgan fingerprint density at radius 1 is 0.882 bits per heavy atom. The first-order chi connectivity index (χ1) is 8.16. The van der Waals surface area contributed by atoms with Gasteiger partial charge in [-0.3, -0.25) is 0 Å². The van der Waals surface area contributed by atoms with Crippen LogP contribution in [0.2, 0.25) is 0 Å². The van der Waals surface area contributed by atoms with Crippen LogP contribution < -0.4 is 0 Å². The summed E-state index contributed by atoms with van der Waals surface area (Å²) in [5, 5.41) is 0. The van der Waals surface area contributed by atoms with Gasteiger partial charge < -0.3 is 9.47 Å². The Morgan fingerprint density at radius 2 is 1.71 bits per heavy atom. The van der Waals surface area contributed by atoms with Gasteiger partial charge in [-0.2, -0.15) is 0 Å². The quantitative estimate of drug-likeness (QED) is 0.642. The van der Waals surface area contributed by atoms with E-state index >= 15 is 0 Å². The summed E-state index contributed by atoms with van der Waals surface area (Å²) in [5.74, 6) is 3.09. The van der Waals surface area contributed by atoms with Gasteiger partial charge in [0.2, 0.25) is 0 Å². The third-order valence-electron chi connectivity index (χ3n) is 5.54. The average molecular weight is 238 g/mol. The van der Waals surface area contributed by atoms with Crippen LogP contribution in [0.1, 0.15) is 52.9 Å². The van der Waals surface area contributed by atoms with E-state index in [1.54, 1.807) is 0 Å². The molecule has 2 saturated heterocycles. The van der Waals surface area contributed by atoms with Crippen LogP contribution in [0.3, 0.4) is 0 Å². The van der Waals surface area contributed by atoms with Gasteiger partial charge in [-0.25, -0.2) is 0 Å². The summed E-state index contributed by atoms with van der Waals surface area (Å²) < 4.78 is 12.3. The minimum Gasteiger partial charge on any atom is -0.349 e. The maximum Gasteiger partial charge on any atom is 0.161 e. The molecule has 0 aromatic carbocycles. The molecule has 5 unspecified atom stereocenters. The van der Waals surface area contributed by atoms with Crippen LogP contribution in [0.15, 0.2) is 0 Å². The van der Waals surface area contributed by atoms with E-state index in [9.17, 15) is 0 Å². The second-order valence-electron chi connectivity index (χ2n) is 6.52. The lowest BCUT2D eigenvalue weighted by atomic mass is 9.64. The fourth-order valence-electron chi connectivity index (χ4n) is 4.37. The van der Waals surface area contributed by atoms with Gasteiger partial charge in [-0.1, -0.05) is 13.3 Å². The molecule has 3 aliphatic rings. The highest BCUT2D eigenvalue weighted by Gasteiger charge is 2.49. The lowest BCUT2D eigenvalue weighted by molar-refractivity contribution is -0.269. The third-order valence-corrected chi connectivity index (χ3v) is 5.54. The zero-order chi connectivity index (χ0) is 12.0. The van der Waals surface area contributed by atoms with E-state index in [0.29, 0.717) is 24.0 Å². The van der Waals surface area contributed by atoms with Crippen LogP contribution in [0.4, 0.5) is 0 Å². The molecule has 0 bridgehead atoms. The largest absolute Gasteiger partial charge is 0.349 e. The van der Waals surface area contributed by atoms with Crippen molar-refractivity contribution in [2.24, 2.45) is 23.7 Å². The molecule has 2 aliphatic heterocycles. The summed E-state index contributed by atoms with van der Waals surface area (Å²) in [6.45, 7) is 6.81. The topological polar surface area (TPSA) is 18.5 Å². The van der Waals surface area contributed by atoms with Gasteiger partial charge in [0.05, 0.1) is 12.2 Å². The minimum absolute atomic E-state index is 0.0917. The van der Waals surface area contributed by atoms with Gasteiger partial charge >= 0.3 is 0 Å². The summed E-state index contributed by atoms with van der Waals surface area (Å²) in [6.07, 6.45) is 7.62. The lowest BCUT2D eigenvalue weighted by Crippen LogP contribution is -2.50. The van der Waals surface area contributed by atoms with Crippen LogP contribution in [0.5, 0.6) is 0 Å². The molecule has 7 atom stereocenters. The molecule has 3 fully saturated rings. The Balaban J connectivity index is 1.87. The lowest BCUT2D eigenvalue weighted by Gasteiger charge is -2.49. The van der Waals surface area contributed by atoms with Crippen molar-refractivity contribution in [2.75, 3.05) is 0 Å². The van der Waals surface area contributed by atoms with Gasteiger partial charge in [0.15, 0.2) is 6.29 Å². The molecule has 2 nitrogen and oxygen atoms in total. The Kier molecular flexibility index (Phi) is 3.20. The molecule has 2 heterocycles. The predicted molar refractivity (Wildman–Crippen MR) is 67.6 cm³/mol. The van der Waals surface area contributed by atoms with Gasteiger partial charge in [-0.05, 0) is 57.3 Å². The van der Waals surface area contributed by atoms with Crippen molar-refractivity contribution in [3.63, 3.8) is 0 Å². The molecule has 0 aromatic heterocycles. The second kappa shape index (κ2) is 4.55. The molecule has 0 radical (unpaired) electrons. The second-order valence-corrected chi connectivity index (χ2v) is 6.52. The van der Waals surface area contributed by atoms with E-state index in [1.165, 1.54) is 32.1 Å². The van der Waals surface area contributed by atoms with E-state index in [4.69, 9.17) is 9.47 Å². The molecule has 3 rings (SSSR count). The summed E-state index contributed by atoms with van der Waals surface area (Å²) in [5.41, 5.74) is 0. The van der Waals surface area contributed by atoms with E-state index < -0.39 is 0 Å². The highest BCUT2D eigenvalue weighted by atomic mass is 16.7. The van der Waals surface area contributed by atoms with Crippen molar-refractivity contribution in [1.29, 1.82) is 0 Å². The Hall–Kier alpha value is -0.0800. The van der Waals surface area contributed by atoms with Gasteiger partial charge in [0.1, 0.15) is 0 Å². The zero-order valence-electron chi connectivity index (χ0n) is 11.4. The molecule has 17 heavy (non-hydrogen) atoms. The molecule has 0 N–H and O–H groups in total. The Labute approximate surface area is 105 Å². The standard InChI is InChI=1S/C15H26O2/c1-9-7-8-12-5-4-6-13-10(2)11(3)17-15(16-9)14(12)13/h9-15H,4-8H2,1-3H3/t9?,10-,11+,12?,13?,14?,15?/m0/s1. The maximum atomic E-state index is 6.17. The number of hydrogen-bond acceptors (Lipinski definition) is 2. The van der Waals surface area contributed by atoms with Crippen molar-refractivity contribution < 1.29 is 9.47 Å². The van der Waals surface area contributed by atoms with Crippen molar-refractivity contribution in [1.82, 2.24) is 0 Å². The smallest absolute Gasteiger partial charge is 0.161 e. The van der Waals surface area contributed by atoms with Crippen molar-refractivity contribution in [3.05, 3.63) is 0 Å². The highest BCUT2D eigenvalue weighted by molar-refractivity contribution is 4.93. The molecular formula is C15H26O2. The summed E-state index contributed by atoms with van der Waals surface area (Å²) in [7, 11) is 0. The SMILES string of the molecule is CC1CCC2CCCC3C2C(O1)O[C@H](C)[C@@H]3C. The molecule has 1 saturated carbocycles. The fraction of sp³-hybridized carbons (Fsp3) is 1.00. The molecule has 0 spiro atoms. The number of rotatable bonds is 0. The molecule has 0 aromatic rings. The van der Waals surface area contributed by atoms with Crippen molar-refractivity contribution in [2.45, 2.75) is 71.4 Å². The molecule has 0 amide bonds. The molecule has 1 aliphatic carbocycles. The van der Waals surface area contributed by atoms with Gasteiger partial charge in [-0.15, -0.1) is 0 Å². The monoisotopic (exact) mass is 238 g/mol. The predicted octanol–water partition coefficient (Wildman–Crippen LogP) is 3.60. The van der Waals surface area contributed by atoms with Gasteiger partial charge in [0.25, 0.3) is 0 Å². The van der Waals surface area contributed by atoms with E-state index in [0.717, 1.165) is 11.8 Å². The van der Waals surface area contributed by atoms with Crippen LogP contribution in [0.25, 0.3) is 0 Å². The highest BCUT2D eigenvalue weighted by Crippen LogP contribution is 2.50. The first-order valence-corrected chi connectivity index (χ1v) is 7.47. The summed E-state index contributed by atoms with van der Waals surface area (Å²) in [4.78, 5) is 0. The number of hydrogen-bond donors (Lipinski definition) is 0. The third kappa shape index (κ3) is 2.04. The fourth-order valence-corrected chi connectivity index (χ4v) is 4.37. The molecule has 98 valence electrons. The maximum absolute atomic E-state index is 6.17. The zero-order valence-corrected chi connectivity index (χ0v) is 11.4. The van der Waals surface area contributed by atoms with E-state index in [-0.39, 0.29) is 6.29 Å². The first kappa shape index (κ1) is 12.0. The number of ether oxygens (including phenoxy) is 2. The Morgan fingerprint density at radius 3 is 2.53 bits per heavy atom. The van der Waals surface area contributed by atoms with Crippen LogP contribution in [-0.2, 0) is 9.47 Å². The van der Waals surface area contributed by atoms with Crippen LogP contribution in [-0.4, -0.2) is 18.5 Å². The van der Waals surface area contributed by atoms with Crippen LogP contribution in [0, 0.1) is 23.7 Å². The molecular weight excluding hydrogens is 212 g/mol. The normalized spacial score (nSPS) is 54.9. The first-order valence-electron chi connectivity index (χ1n) is 7.47. The minimum atomic E-state index is 0.0917. The average Bonchev–Trinajstić information content (AvgIpc) is 2.47. The summed E-state index contributed by atoms with van der Waals surface area (Å²) >= 11 is 0. The summed E-state index contributed by atoms with van der Waals surface area (Å²) in [6, 6.07) is 0. The van der Waals surface area contributed by atoms with E-state index in [1.807, 2.05) is 0 Å². The molecule has 2 heteroatoms. The van der Waals surface area contributed by atoms with E-state index in [2.05, 4.69) is 20.8 Å².